The van der Waals surface area contributed by atoms with E-state index in [0.29, 0.717) is 11.5 Å². The van der Waals surface area contributed by atoms with Crippen molar-refractivity contribution in [2.24, 2.45) is 0 Å². The van der Waals surface area contributed by atoms with Crippen LogP contribution in [0.3, 0.4) is 0 Å². The number of hydrogen-bond acceptors (Lipinski definition) is 5. The monoisotopic (exact) mass is 268 g/mol. The fourth-order valence-corrected chi connectivity index (χ4v) is 2.33. The first-order chi connectivity index (χ1) is 8.38. The van der Waals surface area contributed by atoms with Gasteiger partial charge in [0.15, 0.2) is 16.6 Å². The lowest BCUT2D eigenvalue weighted by molar-refractivity contribution is 0.475. The number of aromatic hydroxyl groups is 1. The molecule has 18 heavy (non-hydrogen) atoms. The van der Waals surface area contributed by atoms with E-state index >= 15 is 0 Å². The van der Waals surface area contributed by atoms with Gasteiger partial charge in [-0.25, -0.2) is 9.97 Å². The van der Waals surface area contributed by atoms with Gasteiger partial charge >= 0.3 is 0 Å². The summed E-state index contributed by atoms with van der Waals surface area (Å²) in [5, 5.41) is 9.45. The fourth-order valence-electron chi connectivity index (χ4n) is 1.34. The summed E-state index contributed by atoms with van der Waals surface area (Å²) in [4.78, 5) is 10.3. The molecule has 8 heteroatoms. The zero-order valence-corrected chi connectivity index (χ0v) is 10.6. The molecule has 0 amide bonds. The fraction of sp³-hybridized carbons (Fsp3) is 0.200. The van der Waals surface area contributed by atoms with E-state index in [2.05, 4.69) is 19.7 Å². The number of anilines is 1. The number of rotatable bonds is 3. The number of aromatic amines is 1. The first-order valence-electron chi connectivity index (χ1n) is 5.09. The van der Waals surface area contributed by atoms with Gasteiger partial charge < -0.3 is 10.1 Å². The van der Waals surface area contributed by atoms with Crippen LogP contribution in [0, 0.1) is 13.8 Å². The Morgan fingerprint density at radius 1 is 1.33 bits per heavy atom. The first kappa shape index (κ1) is 12.4. The number of aromatic nitrogens is 3. The smallest absolute Gasteiger partial charge is 0.280 e. The Balaban J connectivity index is 2.36. The minimum absolute atomic E-state index is 0.0808. The SMILES string of the molecule is Cc1ccc(O)c(NS(=O)(=O)c2cnc(C)[nH]2)n1. The molecule has 0 aliphatic rings. The second-order valence-electron chi connectivity index (χ2n) is 3.76. The van der Waals surface area contributed by atoms with Crippen LogP contribution in [0.4, 0.5) is 5.82 Å². The van der Waals surface area contributed by atoms with Crippen molar-refractivity contribution in [1.82, 2.24) is 15.0 Å². The van der Waals surface area contributed by atoms with Crippen LogP contribution in [0.5, 0.6) is 5.75 Å². The molecule has 0 atom stereocenters. The number of H-pyrrole nitrogens is 1. The molecule has 7 nitrogen and oxygen atoms in total. The zero-order chi connectivity index (χ0) is 13.3. The summed E-state index contributed by atoms with van der Waals surface area (Å²) >= 11 is 0. The Morgan fingerprint density at radius 2 is 2.06 bits per heavy atom. The molecule has 0 spiro atoms. The maximum Gasteiger partial charge on any atom is 0.280 e. The third-order valence-corrected chi connectivity index (χ3v) is 3.46. The van der Waals surface area contributed by atoms with Gasteiger partial charge in [-0.1, -0.05) is 0 Å². The molecule has 0 aliphatic heterocycles. The van der Waals surface area contributed by atoms with E-state index in [1.807, 2.05) is 0 Å². The summed E-state index contributed by atoms with van der Waals surface area (Å²) in [6.07, 6.45) is 1.20. The molecule has 2 rings (SSSR count). The van der Waals surface area contributed by atoms with Crippen LogP contribution >= 0.6 is 0 Å². The van der Waals surface area contributed by atoms with E-state index in [0.717, 1.165) is 0 Å². The number of aryl methyl sites for hydroxylation is 2. The average molecular weight is 268 g/mol. The van der Waals surface area contributed by atoms with Crippen LogP contribution < -0.4 is 4.72 Å². The van der Waals surface area contributed by atoms with Gasteiger partial charge in [-0.15, -0.1) is 0 Å². The third-order valence-electron chi connectivity index (χ3n) is 2.21. The minimum atomic E-state index is -3.82. The molecule has 0 fully saturated rings. The molecule has 0 radical (unpaired) electrons. The van der Waals surface area contributed by atoms with Gasteiger partial charge in [0.1, 0.15) is 5.82 Å². The molecule has 3 N–H and O–H groups in total. The number of nitrogens with one attached hydrogen (secondary N) is 2. The second-order valence-corrected chi connectivity index (χ2v) is 5.41. The van der Waals surface area contributed by atoms with E-state index in [9.17, 15) is 13.5 Å². The summed E-state index contributed by atoms with van der Waals surface area (Å²) < 4.78 is 26.1. The molecule has 0 saturated heterocycles. The van der Waals surface area contributed by atoms with Crippen molar-refractivity contribution in [3.05, 3.63) is 29.8 Å². The van der Waals surface area contributed by atoms with E-state index < -0.39 is 10.0 Å². The highest BCUT2D eigenvalue weighted by Gasteiger charge is 2.19. The van der Waals surface area contributed by atoms with Crippen molar-refractivity contribution in [1.29, 1.82) is 0 Å². The highest BCUT2D eigenvalue weighted by atomic mass is 32.2. The van der Waals surface area contributed by atoms with Gasteiger partial charge in [0.25, 0.3) is 10.0 Å². The Labute approximate surface area is 104 Å². The highest BCUT2D eigenvalue weighted by molar-refractivity contribution is 7.92. The third kappa shape index (κ3) is 2.43. The molecule has 0 saturated carbocycles. The number of pyridine rings is 1. The van der Waals surface area contributed by atoms with Crippen molar-refractivity contribution in [3.8, 4) is 5.75 Å². The molecule has 2 aromatic rings. The van der Waals surface area contributed by atoms with E-state index in [-0.39, 0.29) is 16.6 Å². The van der Waals surface area contributed by atoms with Crippen LogP contribution in [0.1, 0.15) is 11.5 Å². The molecule has 96 valence electrons. The maximum absolute atomic E-state index is 11.9. The van der Waals surface area contributed by atoms with Crippen LogP contribution in [0.2, 0.25) is 0 Å². The van der Waals surface area contributed by atoms with Gasteiger partial charge in [-0.3, -0.25) is 4.72 Å². The quantitative estimate of drug-likeness (QED) is 0.767. The largest absolute Gasteiger partial charge is 0.504 e. The number of hydrogen-bond donors (Lipinski definition) is 3. The lowest BCUT2D eigenvalue weighted by Crippen LogP contribution is -2.14. The van der Waals surface area contributed by atoms with Crippen molar-refractivity contribution < 1.29 is 13.5 Å². The van der Waals surface area contributed by atoms with Gasteiger partial charge in [0, 0.05) is 5.69 Å². The standard InChI is InChI=1S/C10H12N4O3S/c1-6-3-4-8(15)10(12-6)14-18(16,17)9-5-11-7(2)13-9/h3-5,15H,1-2H3,(H,11,13)(H,12,14). The molecular formula is C10H12N4O3S. The van der Waals surface area contributed by atoms with Gasteiger partial charge in [0.2, 0.25) is 0 Å². The van der Waals surface area contributed by atoms with Crippen LogP contribution in [0.25, 0.3) is 0 Å². The zero-order valence-electron chi connectivity index (χ0n) is 9.80. The predicted molar refractivity (Wildman–Crippen MR) is 64.8 cm³/mol. The molecule has 0 unspecified atom stereocenters. The second kappa shape index (κ2) is 4.30. The van der Waals surface area contributed by atoms with Gasteiger partial charge in [-0.2, -0.15) is 8.42 Å². The summed E-state index contributed by atoms with van der Waals surface area (Å²) in [6.45, 7) is 3.33. The Kier molecular flexibility index (Phi) is 2.95. The number of nitrogens with zero attached hydrogens (tertiary/aromatic N) is 2. The summed E-state index contributed by atoms with van der Waals surface area (Å²) in [5.41, 5.74) is 0.589. The van der Waals surface area contributed by atoms with Crippen molar-refractivity contribution in [3.63, 3.8) is 0 Å². The van der Waals surface area contributed by atoms with Crippen molar-refractivity contribution >= 4 is 15.8 Å². The van der Waals surface area contributed by atoms with E-state index in [4.69, 9.17) is 0 Å². The lowest BCUT2D eigenvalue weighted by atomic mass is 10.3. The van der Waals surface area contributed by atoms with Crippen molar-refractivity contribution in [2.75, 3.05) is 4.72 Å². The normalized spacial score (nSPS) is 11.4. The molecule has 2 aromatic heterocycles. The van der Waals surface area contributed by atoms with Crippen LogP contribution in [-0.2, 0) is 10.0 Å². The molecule has 0 aromatic carbocycles. The summed E-state index contributed by atoms with van der Waals surface area (Å²) in [5.74, 6) is 0.138. The summed E-state index contributed by atoms with van der Waals surface area (Å²) in [7, 11) is -3.82. The summed E-state index contributed by atoms with van der Waals surface area (Å²) in [6, 6.07) is 2.95. The Hall–Kier alpha value is -2.09. The lowest BCUT2D eigenvalue weighted by Gasteiger charge is -2.07. The topological polar surface area (TPSA) is 108 Å². The minimum Gasteiger partial charge on any atom is -0.504 e. The van der Waals surface area contributed by atoms with E-state index in [1.165, 1.54) is 12.3 Å². The first-order valence-corrected chi connectivity index (χ1v) is 6.58. The number of imidazole rings is 1. The molecule has 0 bridgehead atoms. The van der Waals surface area contributed by atoms with Gasteiger partial charge in [-0.05, 0) is 26.0 Å². The number of sulfonamides is 1. The molecule has 0 aliphatic carbocycles. The highest BCUT2D eigenvalue weighted by Crippen LogP contribution is 2.22. The Morgan fingerprint density at radius 3 is 2.67 bits per heavy atom. The van der Waals surface area contributed by atoms with Crippen LogP contribution in [-0.4, -0.2) is 28.5 Å². The van der Waals surface area contributed by atoms with Crippen LogP contribution in [0.15, 0.2) is 23.4 Å². The maximum atomic E-state index is 11.9. The average Bonchev–Trinajstić information content (AvgIpc) is 2.71. The predicted octanol–water partition coefficient (Wildman–Crippen LogP) is 0.928. The molecule has 2 heterocycles. The van der Waals surface area contributed by atoms with Gasteiger partial charge in [0.05, 0.1) is 6.20 Å². The Bertz CT molecular complexity index is 678. The van der Waals surface area contributed by atoms with Crippen molar-refractivity contribution in [2.45, 2.75) is 18.9 Å². The van der Waals surface area contributed by atoms with E-state index in [1.54, 1.807) is 19.9 Å². The molecular weight excluding hydrogens is 256 g/mol.